The van der Waals surface area contributed by atoms with Gasteiger partial charge >= 0.3 is 12.4 Å². The van der Waals surface area contributed by atoms with Crippen LogP contribution < -0.4 is 0 Å². The number of rotatable bonds is 5. The standard InChI is InChI=1S/C29H45F7N2O3S/c30-27-20(6-5-8-22(27)29(34,35)36)18-10-12-19(13-11-18)26-23-16-37(14-3-4-15-38(23)24(26)17-39)42(40,41)25-9-2-1-7-21(25)28(31,32)33/h18-27,39H,1-17H2/t18?,19?,20?,21?,22?,23?,24-,25?,26+,27?/m1/s1. The van der Waals surface area contributed by atoms with Crippen LogP contribution in [-0.2, 0) is 10.0 Å². The zero-order valence-electron chi connectivity index (χ0n) is 24.0. The minimum Gasteiger partial charge on any atom is -0.395 e. The lowest BCUT2D eigenvalue weighted by molar-refractivity contribution is -0.208. The molecule has 0 bridgehead atoms. The van der Waals surface area contributed by atoms with Crippen LogP contribution in [0.15, 0.2) is 0 Å². The summed E-state index contributed by atoms with van der Waals surface area (Å²) >= 11 is 0. The lowest BCUT2D eigenvalue weighted by Gasteiger charge is -2.60. The van der Waals surface area contributed by atoms with Gasteiger partial charge in [0.25, 0.3) is 0 Å². The van der Waals surface area contributed by atoms with E-state index in [1.54, 1.807) is 0 Å². The lowest BCUT2D eigenvalue weighted by Crippen LogP contribution is -2.71. The number of aliphatic hydroxyl groups is 1. The minimum atomic E-state index is -4.58. The van der Waals surface area contributed by atoms with Crippen LogP contribution >= 0.6 is 0 Å². The van der Waals surface area contributed by atoms with Crippen LogP contribution in [0.4, 0.5) is 30.7 Å². The molecule has 5 nitrogen and oxygen atoms in total. The van der Waals surface area contributed by atoms with Crippen molar-refractivity contribution in [3.8, 4) is 0 Å². The number of aliphatic hydroxyl groups excluding tert-OH is 1. The largest absolute Gasteiger partial charge is 0.395 e. The number of hydrogen-bond acceptors (Lipinski definition) is 4. The first-order valence-electron chi connectivity index (χ1n) is 15.9. The van der Waals surface area contributed by atoms with Crippen LogP contribution in [0.25, 0.3) is 0 Å². The number of sulfonamides is 1. The minimum absolute atomic E-state index is 0.00394. The van der Waals surface area contributed by atoms with Crippen molar-refractivity contribution in [2.45, 2.75) is 119 Å². The molecule has 3 aliphatic carbocycles. The van der Waals surface area contributed by atoms with E-state index in [1.165, 1.54) is 4.31 Å². The highest BCUT2D eigenvalue weighted by Crippen LogP contribution is 2.51. The fraction of sp³-hybridized carbons (Fsp3) is 1.00. The Labute approximate surface area is 244 Å². The molecule has 6 unspecified atom stereocenters. The normalized spacial score (nSPS) is 41.8. The maximum absolute atomic E-state index is 15.1. The fourth-order valence-corrected chi connectivity index (χ4v) is 11.7. The Bertz CT molecular complexity index is 1020. The van der Waals surface area contributed by atoms with Gasteiger partial charge in [0.05, 0.1) is 23.7 Å². The average molecular weight is 635 g/mol. The molecule has 42 heavy (non-hydrogen) atoms. The van der Waals surface area contributed by atoms with Crippen LogP contribution in [0.2, 0.25) is 0 Å². The van der Waals surface area contributed by atoms with E-state index in [-0.39, 0.29) is 68.8 Å². The van der Waals surface area contributed by atoms with E-state index in [0.29, 0.717) is 70.8 Å². The first kappa shape index (κ1) is 32.7. The first-order chi connectivity index (χ1) is 19.7. The highest BCUT2D eigenvalue weighted by Gasteiger charge is 2.57. The van der Waals surface area contributed by atoms with E-state index in [2.05, 4.69) is 4.90 Å². The van der Waals surface area contributed by atoms with E-state index >= 15 is 4.39 Å². The molecule has 8 atom stereocenters. The molecule has 0 amide bonds. The maximum atomic E-state index is 15.1. The molecular formula is C29H45F7N2O3S. The fourth-order valence-electron chi connectivity index (χ4n) is 9.38. The predicted molar refractivity (Wildman–Crippen MR) is 144 cm³/mol. The summed E-state index contributed by atoms with van der Waals surface area (Å²) in [5, 5.41) is 8.80. The molecule has 2 aliphatic heterocycles. The Hall–Kier alpha value is -0.660. The Morgan fingerprint density at radius 3 is 1.95 bits per heavy atom. The quantitative estimate of drug-likeness (QED) is 0.360. The van der Waals surface area contributed by atoms with E-state index in [4.69, 9.17) is 0 Å². The Morgan fingerprint density at radius 1 is 0.714 bits per heavy atom. The van der Waals surface area contributed by atoms with Gasteiger partial charge in [-0.1, -0.05) is 19.3 Å². The van der Waals surface area contributed by atoms with Crippen molar-refractivity contribution in [1.82, 2.24) is 9.21 Å². The van der Waals surface area contributed by atoms with Gasteiger partial charge in [-0.3, -0.25) is 4.90 Å². The molecule has 244 valence electrons. The molecule has 0 spiro atoms. The number of nitrogens with zero attached hydrogens (tertiary/aromatic N) is 2. The van der Waals surface area contributed by atoms with Gasteiger partial charge in [-0.15, -0.1) is 0 Å². The number of fused-ring (bicyclic) bond motifs is 1. The van der Waals surface area contributed by atoms with Gasteiger partial charge in [0.15, 0.2) is 0 Å². The van der Waals surface area contributed by atoms with Crippen molar-refractivity contribution >= 4 is 10.0 Å². The summed E-state index contributed by atoms with van der Waals surface area (Å²) in [6.07, 6.45) is -6.01. The second-order valence-corrected chi connectivity index (χ2v) is 15.7. The van der Waals surface area contributed by atoms with Crippen molar-refractivity contribution in [2.75, 3.05) is 26.2 Å². The number of halogens is 7. The molecule has 5 aliphatic rings. The third-order valence-corrected chi connectivity index (χ3v) is 13.9. The Kier molecular flexibility index (Phi) is 9.83. The molecule has 0 aromatic heterocycles. The van der Waals surface area contributed by atoms with E-state index in [0.717, 1.165) is 0 Å². The van der Waals surface area contributed by atoms with E-state index < -0.39 is 51.6 Å². The van der Waals surface area contributed by atoms with Gasteiger partial charge < -0.3 is 5.11 Å². The highest BCUT2D eigenvalue weighted by atomic mass is 32.2. The number of alkyl halides is 7. The second-order valence-electron chi connectivity index (χ2n) is 13.6. The molecule has 13 heteroatoms. The summed E-state index contributed by atoms with van der Waals surface area (Å²) in [4.78, 5) is 2.10. The maximum Gasteiger partial charge on any atom is 0.394 e. The van der Waals surface area contributed by atoms with Gasteiger partial charge in [0.2, 0.25) is 10.0 Å². The summed E-state index contributed by atoms with van der Waals surface area (Å²) in [6.45, 7) is 0.827. The number of hydrogen-bond donors (Lipinski definition) is 1. The van der Waals surface area contributed by atoms with Crippen LogP contribution in [0.5, 0.6) is 0 Å². The van der Waals surface area contributed by atoms with Crippen LogP contribution in [0.3, 0.4) is 0 Å². The molecule has 5 rings (SSSR count). The summed E-state index contributed by atoms with van der Waals surface area (Å²) < 4.78 is 126. The molecule has 2 heterocycles. The van der Waals surface area contributed by atoms with Crippen LogP contribution in [0, 0.1) is 35.5 Å². The van der Waals surface area contributed by atoms with Crippen LogP contribution in [-0.4, -0.2) is 84.8 Å². The molecule has 2 saturated heterocycles. The van der Waals surface area contributed by atoms with E-state index in [9.17, 15) is 39.9 Å². The summed E-state index contributed by atoms with van der Waals surface area (Å²) in [5.41, 5.74) is 0. The van der Waals surface area contributed by atoms with Crippen molar-refractivity contribution in [1.29, 1.82) is 0 Å². The Balaban J connectivity index is 1.28. The second kappa shape index (κ2) is 12.6. The molecule has 0 radical (unpaired) electrons. The van der Waals surface area contributed by atoms with Gasteiger partial charge in [0, 0.05) is 25.2 Å². The van der Waals surface area contributed by atoms with Crippen molar-refractivity contribution in [3.63, 3.8) is 0 Å². The van der Waals surface area contributed by atoms with E-state index in [1.807, 2.05) is 0 Å². The molecule has 0 aromatic rings. The third-order valence-electron chi connectivity index (χ3n) is 11.5. The van der Waals surface area contributed by atoms with Gasteiger partial charge in [0.1, 0.15) is 6.17 Å². The van der Waals surface area contributed by atoms with Gasteiger partial charge in [-0.25, -0.2) is 17.1 Å². The molecule has 1 N–H and O–H groups in total. The SMILES string of the molecule is O=S(=O)(C1CCCCC1C(F)(F)F)N1CCCCN2C(C1)[C@H](C1CCC(C3CCCC(C(F)(F)F)C3F)CC1)[C@H]2CO. The van der Waals surface area contributed by atoms with Gasteiger partial charge in [-0.05, 0) is 94.4 Å². The summed E-state index contributed by atoms with van der Waals surface area (Å²) in [6, 6.07) is -0.417. The monoisotopic (exact) mass is 634 g/mol. The Morgan fingerprint density at radius 2 is 1.31 bits per heavy atom. The smallest absolute Gasteiger partial charge is 0.394 e. The van der Waals surface area contributed by atoms with Gasteiger partial charge in [-0.2, -0.15) is 26.3 Å². The summed E-state index contributed by atoms with van der Waals surface area (Å²) in [7, 11) is -4.21. The average Bonchev–Trinajstić information content (AvgIpc) is 2.91. The predicted octanol–water partition coefficient (Wildman–Crippen LogP) is 6.32. The van der Waals surface area contributed by atoms with Crippen molar-refractivity contribution < 1.29 is 44.3 Å². The molecule has 3 saturated carbocycles. The zero-order valence-corrected chi connectivity index (χ0v) is 24.8. The summed E-state index contributed by atoms with van der Waals surface area (Å²) in [5.74, 6) is -4.49. The van der Waals surface area contributed by atoms with Crippen molar-refractivity contribution in [2.24, 2.45) is 35.5 Å². The molecule has 0 aromatic carbocycles. The zero-order chi connectivity index (χ0) is 30.4. The molecular weight excluding hydrogens is 589 g/mol. The third kappa shape index (κ3) is 6.36. The van der Waals surface area contributed by atoms with Crippen molar-refractivity contribution in [3.05, 3.63) is 0 Å². The first-order valence-corrected chi connectivity index (χ1v) is 17.4. The topological polar surface area (TPSA) is 60.9 Å². The lowest BCUT2D eigenvalue weighted by atomic mass is 9.62. The van der Waals surface area contributed by atoms with Crippen LogP contribution in [0.1, 0.15) is 83.5 Å². The molecule has 5 fully saturated rings. The highest BCUT2D eigenvalue weighted by molar-refractivity contribution is 7.89.